The quantitative estimate of drug-likeness (QED) is 0.785. The Kier molecular flexibility index (Phi) is 6.12. The molecule has 1 aromatic rings. The Balaban J connectivity index is 2.78. The third-order valence-corrected chi connectivity index (χ3v) is 4.49. The van der Waals surface area contributed by atoms with E-state index in [1.54, 1.807) is 24.3 Å². The molecule has 1 aromatic carbocycles. The summed E-state index contributed by atoms with van der Waals surface area (Å²) in [5.41, 5.74) is 1.05. The van der Waals surface area contributed by atoms with Gasteiger partial charge in [0.2, 0.25) is 10.0 Å². The summed E-state index contributed by atoms with van der Waals surface area (Å²) in [6.45, 7) is 3.91. The van der Waals surface area contributed by atoms with Crippen molar-refractivity contribution in [1.82, 2.24) is 4.72 Å². The zero-order valence-corrected chi connectivity index (χ0v) is 12.4. The van der Waals surface area contributed by atoms with Crippen LogP contribution >= 0.6 is 11.6 Å². The molecule has 18 heavy (non-hydrogen) atoms. The van der Waals surface area contributed by atoms with E-state index in [9.17, 15) is 8.42 Å². The minimum Gasteiger partial charge on any atom is -0.208 e. The van der Waals surface area contributed by atoms with Gasteiger partial charge < -0.3 is 0 Å². The standard InChI is InChI=1S/C13H20ClNO2S/c1-3-4-11(2)15-18(16,17)13-7-5-12(6-8-13)9-10-14/h5-8,11,15H,3-4,9-10H2,1-2H3. The van der Waals surface area contributed by atoms with Gasteiger partial charge in [-0.05, 0) is 37.5 Å². The maximum absolute atomic E-state index is 12.0. The van der Waals surface area contributed by atoms with E-state index in [0.29, 0.717) is 10.8 Å². The average Bonchev–Trinajstić information content (AvgIpc) is 2.29. The molecule has 1 atom stereocenters. The van der Waals surface area contributed by atoms with Gasteiger partial charge in [-0.15, -0.1) is 11.6 Å². The summed E-state index contributed by atoms with van der Waals surface area (Å²) >= 11 is 5.64. The predicted molar refractivity (Wildman–Crippen MR) is 75.6 cm³/mol. The Morgan fingerprint density at radius 3 is 2.39 bits per heavy atom. The molecule has 0 fully saturated rings. The van der Waals surface area contributed by atoms with Crippen LogP contribution in [0.25, 0.3) is 0 Å². The van der Waals surface area contributed by atoms with Gasteiger partial charge >= 0.3 is 0 Å². The minimum atomic E-state index is -3.40. The lowest BCUT2D eigenvalue weighted by molar-refractivity contribution is 0.544. The number of hydrogen-bond donors (Lipinski definition) is 1. The van der Waals surface area contributed by atoms with Crippen LogP contribution in [0.2, 0.25) is 0 Å². The first-order chi connectivity index (χ1) is 8.49. The first kappa shape index (κ1) is 15.5. The summed E-state index contributed by atoms with van der Waals surface area (Å²) in [5.74, 6) is 0.540. The third kappa shape index (κ3) is 4.59. The van der Waals surface area contributed by atoms with Gasteiger partial charge in [-0.1, -0.05) is 25.5 Å². The van der Waals surface area contributed by atoms with Crippen molar-refractivity contribution in [2.75, 3.05) is 5.88 Å². The van der Waals surface area contributed by atoms with Crippen LogP contribution in [0.3, 0.4) is 0 Å². The summed E-state index contributed by atoms with van der Waals surface area (Å²) < 4.78 is 26.8. The van der Waals surface area contributed by atoms with Crippen molar-refractivity contribution in [1.29, 1.82) is 0 Å². The molecule has 3 nitrogen and oxygen atoms in total. The highest BCUT2D eigenvalue weighted by Gasteiger charge is 2.16. The van der Waals surface area contributed by atoms with Crippen LogP contribution in [0.4, 0.5) is 0 Å². The maximum atomic E-state index is 12.0. The Hall–Kier alpha value is -0.580. The van der Waals surface area contributed by atoms with Crippen molar-refractivity contribution in [3.8, 4) is 0 Å². The van der Waals surface area contributed by atoms with Crippen LogP contribution < -0.4 is 4.72 Å². The second-order valence-electron chi connectivity index (χ2n) is 4.39. The largest absolute Gasteiger partial charge is 0.240 e. The van der Waals surface area contributed by atoms with Crippen molar-refractivity contribution in [3.63, 3.8) is 0 Å². The molecule has 0 bridgehead atoms. The van der Waals surface area contributed by atoms with Crippen LogP contribution in [0.1, 0.15) is 32.3 Å². The highest BCUT2D eigenvalue weighted by molar-refractivity contribution is 7.89. The van der Waals surface area contributed by atoms with Gasteiger partial charge in [0.1, 0.15) is 0 Å². The van der Waals surface area contributed by atoms with Crippen LogP contribution in [0, 0.1) is 0 Å². The molecule has 1 unspecified atom stereocenters. The molecule has 0 aliphatic rings. The second-order valence-corrected chi connectivity index (χ2v) is 6.49. The van der Waals surface area contributed by atoms with E-state index in [1.807, 2.05) is 13.8 Å². The Bertz CT molecular complexity index is 456. The second kappa shape index (κ2) is 7.12. The molecule has 5 heteroatoms. The van der Waals surface area contributed by atoms with Crippen molar-refractivity contribution >= 4 is 21.6 Å². The van der Waals surface area contributed by atoms with E-state index in [1.165, 1.54) is 0 Å². The molecule has 0 aromatic heterocycles. The van der Waals surface area contributed by atoms with E-state index in [0.717, 1.165) is 24.8 Å². The first-order valence-electron chi connectivity index (χ1n) is 6.17. The van der Waals surface area contributed by atoms with Crippen molar-refractivity contribution in [3.05, 3.63) is 29.8 Å². The summed E-state index contributed by atoms with van der Waals surface area (Å²) in [6, 6.07) is 6.83. The predicted octanol–water partition coefficient (Wildman–Crippen LogP) is 2.93. The lowest BCUT2D eigenvalue weighted by atomic mass is 10.2. The van der Waals surface area contributed by atoms with Crippen molar-refractivity contribution in [2.45, 2.75) is 44.0 Å². The monoisotopic (exact) mass is 289 g/mol. The van der Waals surface area contributed by atoms with Gasteiger partial charge in [0, 0.05) is 11.9 Å². The minimum absolute atomic E-state index is 0.0393. The highest BCUT2D eigenvalue weighted by Crippen LogP contribution is 2.12. The van der Waals surface area contributed by atoms with E-state index in [-0.39, 0.29) is 6.04 Å². The van der Waals surface area contributed by atoms with Gasteiger partial charge in [-0.2, -0.15) is 0 Å². The van der Waals surface area contributed by atoms with Crippen LogP contribution in [0.15, 0.2) is 29.2 Å². The Morgan fingerprint density at radius 1 is 1.28 bits per heavy atom. The third-order valence-electron chi connectivity index (χ3n) is 2.69. The number of sulfonamides is 1. The molecule has 0 saturated carbocycles. The maximum Gasteiger partial charge on any atom is 0.240 e. The summed E-state index contributed by atoms with van der Waals surface area (Å²) in [5, 5.41) is 0. The zero-order chi connectivity index (χ0) is 13.6. The van der Waals surface area contributed by atoms with Gasteiger partial charge in [-0.3, -0.25) is 0 Å². The summed E-state index contributed by atoms with van der Waals surface area (Å²) in [6.07, 6.45) is 2.55. The molecule has 102 valence electrons. The first-order valence-corrected chi connectivity index (χ1v) is 8.18. The number of nitrogens with one attached hydrogen (secondary N) is 1. The number of benzene rings is 1. The fourth-order valence-electron chi connectivity index (χ4n) is 1.77. The topological polar surface area (TPSA) is 46.2 Å². The smallest absolute Gasteiger partial charge is 0.208 e. The molecule has 0 aliphatic carbocycles. The van der Waals surface area contributed by atoms with Gasteiger partial charge in [0.05, 0.1) is 4.90 Å². The van der Waals surface area contributed by atoms with Crippen LogP contribution in [-0.4, -0.2) is 20.3 Å². The number of alkyl halides is 1. The molecule has 1 rings (SSSR count). The van der Waals surface area contributed by atoms with Gasteiger partial charge in [0.25, 0.3) is 0 Å². The molecule has 0 aliphatic heterocycles. The summed E-state index contributed by atoms with van der Waals surface area (Å²) in [7, 11) is -3.40. The van der Waals surface area contributed by atoms with E-state index < -0.39 is 10.0 Å². The van der Waals surface area contributed by atoms with Crippen LogP contribution in [0.5, 0.6) is 0 Å². The van der Waals surface area contributed by atoms with Crippen molar-refractivity contribution in [2.24, 2.45) is 0 Å². The molecule has 0 heterocycles. The average molecular weight is 290 g/mol. The molecule has 0 amide bonds. The lowest BCUT2D eigenvalue weighted by Crippen LogP contribution is -2.32. The highest BCUT2D eigenvalue weighted by atomic mass is 35.5. The fourth-order valence-corrected chi connectivity index (χ4v) is 3.27. The summed E-state index contributed by atoms with van der Waals surface area (Å²) in [4.78, 5) is 0.309. The van der Waals surface area contributed by atoms with E-state index in [4.69, 9.17) is 11.6 Å². The number of rotatable bonds is 7. The SMILES string of the molecule is CCCC(C)NS(=O)(=O)c1ccc(CCCl)cc1. The fraction of sp³-hybridized carbons (Fsp3) is 0.538. The number of aryl methyl sites for hydroxylation is 1. The Morgan fingerprint density at radius 2 is 1.89 bits per heavy atom. The lowest BCUT2D eigenvalue weighted by Gasteiger charge is -2.13. The Labute approximate surface area is 115 Å². The van der Waals surface area contributed by atoms with Crippen LogP contribution in [-0.2, 0) is 16.4 Å². The molecular weight excluding hydrogens is 270 g/mol. The zero-order valence-electron chi connectivity index (χ0n) is 10.8. The molecule has 1 N–H and O–H groups in total. The molecule has 0 saturated heterocycles. The van der Waals surface area contributed by atoms with E-state index in [2.05, 4.69) is 4.72 Å². The molecule has 0 radical (unpaired) electrons. The van der Waals surface area contributed by atoms with Crippen molar-refractivity contribution < 1.29 is 8.42 Å². The van der Waals surface area contributed by atoms with Gasteiger partial charge in [0.15, 0.2) is 0 Å². The number of halogens is 1. The van der Waals surface area contributed by atoms with Gasteiger partial charge in [-0.25, -0.2) is 13.1 Å². The molecule has 0 spiro atoms. The van der Waals surface area contributed by atoms with E-state index >= 15 is 0 Å². The molecular formula is C13H20ClNO2S. The number of hydrogen-bond acceptors (Lipinski definition) is 2. The normalized spacial score (nSPS) is 13.5.